The number of carbonyl (C=O) groups excluding carboxylic acids is 2. The average molecular weight is 355 g/mol. The Hall–Kier alpha value is -2.43. The van der Waals surface area contributed by atoms with Gasteiger partial charge in [-0.05, 0) is 18.2 Å². The van der Waals surface area contributed by atoms with Crippen LogP contribution in [-0.2, 0) is 19.1 Å². The molecule has 0 bridgehead atoms. The molecule has 3 aliphatic heterocycles. The normalized spacial score (nSPS) is 24.9. The molecule has 3 fully saturated rings. The van der Waals surface area contributed by atoms with Gasteiger partial charge in [0.15, 0.2) is 5.79 Å². The number of amides is 2. The summed E-state index contributed by atoms with van der Waals surface area (Å²) in [6.45, 7) is 2.77. The molecule has 7 heteroatoms. The predicted octanol–water partition coefficient (Wildman–Crippen LogP) is 1.28. The first-order chi connectivity index (χ1) is 12.6. The van der Waals surface area contributed by atoms with Crippen molar-refractivity contribution in [3.8, 4) is 6.07 Å². The summed E-state index contributed by atoms with van der Waals surface area (Å²) in [5, 5.41) is 9.03. The third-order valence-corrected chi connectivity index (χ3v) is 5.41. The Balaban J connectivity index is 1.40. The van der Waals surface area contributed by atoms with Crippen LogP contribution in [0.3, 0.4) is 0 Å². The first kappa shape index (κ1) is 17.0. The van der Waals surface area contributed by atoms with Gasteiger partial charge in [-0.25, -0.2) is 0 Å². The highest BCUT2D eigenvalue weighted by atomic mass is 16.7. The number of benzene rings is 1. The van der Waals surface area contributed by atoms with Crippen LogP contribution >= 0.6 is 0 Å². The van der Waals surface area contributed by atoms with Crippen LogP contribution in [0.5, 0.6) is 0 Å². The lowest BCUT2D eigenvalue weighted by Gasteiger charge is -2.38. The number of likely N-dealkylation sites (tertiary alicyclic amines) is 1. The summed E-state index contributed by atoms with van der Waals surface area (Å²) in [6.07, 6.45) is 1.56. The Bertz CT molecular complexity index is 756. The second-order valence-corrected chi connectivity index (χ2v) is 7.00. The first-order valence-electron chi connectivity index (χ1n) is 8.97. The Morgan fingerprint density at radius 1 is 1.23 bits per heavy atom. The maximum Gasteiger partial charge on any atom is 0.228 e. The van der Waals surface area contributed by atoms with E-state index in [2.05, 4.69) is 6.07 Å². The van der Waals surface area contributed by atoms with E-state index in [4.69, 9.17) is 14.7 Å². The maximum absolute atomic E-state index is 12.9. The molecule has 0 aliphatic carbocycles. The van der Waals surface area contributed by atoms with Crippen molar-refractivity contribution >= 4 is 17.5 Å². The third-order valence-electron chi connectivity index (χ3n) is 5.41. The molecule has 0 saturated carbocycles. The van der Waals surface area contributed by atoms with E-state index in [1.807, 2.05) is 4.90 Å². The lowest BCUT2D eigenvalue weighted by Crippen LogP contribution is -2.49. The van der Waals surface area contributed by atoms with E-state index >= 15 is 0 Å². The van der Waals surface area contributed by atoms with Gasteiger partial charge >= 0.3 is 0 Å². The number of rotatable bonds is 2. The van der Waals surface area contributed by atoms with Gasteiger partial charge in [0.05, 0.1) is 30.8 Å². The Labute approximate surface area is 152 Å². The number of anilines is 1. The fourth-order valence-electron chi connectivity index (χ4n) is 3.98. The Morgan fingerprint density at radius 2 is 1.96 bits per heavy atom. The van der Waals surface area contributed by atoms with Gasteiger partial charge in [0.1, 0.15) is 0 Å². The number of nitriles is 1. The highest BCUT2D eigenvalue weighted by Gasteiger charge is 2.43. The van der Waals surface area contributed by atoms with Gasteiger partial charge in [-0.1, -0.05) is 6.07 Å². The molecule has 3 heterocycles. The van der Waals surface area contributed by atoms with Gasteiger partial charge in [0.2, 0.25) is 11.8 Å². The largest absolute Gasteiger partial charge is 0.347 e. The van der Waals surface area contributed by atoms with Gasteiger partial charge in [-0.15, -0.1) is 0 Å². The molecule has 0 N–H and O–H groups in total. The molecule has 0 radical (unpaired) electrons. The minimum atomic E-state index is -0.508. The Morgan fingerprint density at radius 3 is 2.65 bits per heavy atom. The van der Waals surface area contributed by atoms with Gasteiger partial charge in [0.25, 0.3) is 0 Å². The fraction of sp³-hybridized carbons (Fsp3) is 0.526. The lowest BCUT2D eigenvalue weighted by molar-refractivity contribution is -0.188. The van der Waals surface area contributed by atoms with Crippen molar-refractivity contribution in [2.24, 2.45) is 5.92 Å². The molecule has 26 heavy (non-hydrogen) atoms. The van der Waals surface area contributed by atoms with Crippen molar-refractivity contribution in [1.29, 1.82) is 5.26 Å². The molecule has 1 aromatic rings. The third kappa shape index (κ3) is 3.06. The smallest absolute Gasteiger partial charge is 0.228 e. The van der Waals surface area contributed by atoms with E-state index in [0.29, 0.717) is 56.9 Å². The topological polar surface area (TPSA) is 82.9 Å². The molecule has 3 saturated heterocycles. The SMILES string of the molecule is N#Cc1cccc(N2CC(C(=O)N3CCC4(CC3)OCCO4)CC2=O)c1. The molecule has 4 rings (SSSR count). The standard InChI is InChI=1S/C19H21N3O4/c20-12-14-2-1-3-16(10-14)22-13-15(11-17(22)23)18(24)21-6-4-19(5-7-21)25-8-9-26-19/h1-3,10,15H,4-9,11,13H2. The van der Waals surface area contributed by atoms with Crippen LogP contribution < -0.4 is 4.90 Å². The van der Waals surface area contributed by atoms with Crippen LogP contribution in [0.15, 0.2) is 24.3 Å². The average Bonchev–Trinajstić information content (AvgIpc) is 3.29. The summed E-state index contributed by atoms with van der Waals surface area (Å²) < 4.78 is 11.4. The highest BCUT2D eigenvalue weighted by Crippen LogP contribution is 2.33. The van der Waals surface area contributed by atoms with Crippen LogP contribution in [0.1, 0.15) is 24.8 Å². The summed E-state index contributed by atoms with van der Waals surface area (Å²) in [6, 6.07) is 9.01. The Kier molecular flexibility index (Phi) is 4.39. The van der Waals surface area contributed by atoms with Gasteiger partial charge in [-0.2, -0.15) is 5.26 Å². The van der Waals surface area contributed by atoms with Crippen molar-refractivity contribution < 1.29 is 19.1 Å². The van der Waals surface area contributed by atoms with Crippen LogP contribution in [0.4, 0.5) is 5.69 Å². The summed E-state index contributed by atoms with van der Waals surface area (Å²) >= 11 is 0. The molecule has 3 aliphatic rings. The molecule has 0 aromatic heterocycles. The molecule has 1 atom stereocenters. The number of hydrogen-bond donors (Lipinski definition) is 0. The molecular formula is C19H21N3O4. The summed E-state index contributed by atoms with van der Waals surface area (Å²) in [7, 11) is 0. The summed E-state index contributed by atoms with van der Waals surface area (Å²) in [5.41, 5.74) is 1.18. The highest BCUT2D eigenvalue weighted by molar-refractivity contribution is 6.00. The van der Waals surface area contributed by atoms with Crippen molar-refractivity contribution in [2.75, 3.05) is 37.7 Å². The summed E-state index contributed by atoms with van der Waals surface area (Å²) in [5.74, 6) is -0.904. The zero-order valence-electron chi connectivity index (χ0n) is 14.5. The monoisotopic (exact) mass is 355 g/mol. The van der Waals surface area contributed by atoms with Crippen LogP contribution in [0, 0.1) is 17.2 Å². The second kappa shape index (κ2) is 6.71. The van der Waals surface area contributed by atoms with E-state index < -0.39 is 5.79 Å². The van der Waals surface area contributed by atoms with Crippen molar-refractivity contribution in [1.82, 2.24) is 4.90 Å². The maximum atomic E-state index is 12.9. The van der Waals surface area contributed by atoms with Crippen LogP contribution in [0.25, 0.3) is 0 Å². The second-order valence-electron chi connectivity index (χ2n) is 7.00. The zero-order valence-corrected chi connectivity index (χ0v) is 14.5. The molecular weight excluding hydrogens is 334 g/mol. The molecule has 1 spiro atoms. The van der Waals surface area contributed by atoms with E-state index in [0.717, 1.165) is 0 Å². The minimum Gasteiger partial charge on any atom is -0.347 e. The van der Waals surface area contributed by atoms with E-state index in [1.54, 1.807) is 29.2 Å². The summed E-state index contributed by atoms with van der Waals surface area (Å²) in [4.78, 5) is 28.7. The van der Waals surface area contributed by atoms with Crippen molar-refractivity contribution in [2.45, 2.75) is 25.0 Å². The quantitative estimate of drug-likeness (QED) is 0.798. The zero-order chi connectivity index (χ0) is 18.1. The van der Waals surface area contributed by atoms with E-state index in [9.17, 15) is 9.59 Å². The number of carbonyl (C=O) groups is 2. The van der Waals surface area contributed by atoms with E-state index in [1.165, 1.54) is 0 Å². The van der Waals surface area contributed by atoms with Crippen molar-refractivity contribution in [3.63, 3.8) is 0 Å². The minimum absolute atomic E-state index is 0.0186. The molecule has 2 amide bonds. The van der Waals surface area contributed by atoms with E-state index in [-0.39, 0.29) is 24.2 Å². The number of nitrogens with zero attached hydrogens (tertiary/aromatic N) is 3. The number of hydrogen-bond acceptors (Lipinski definition) is 5. The molecule has 7 nitrogen and oxygen atoms in total. The molecule has 1 unspecified atom stereocenters. The molecule has 1 aromatic carbocycles. The van der Waals surface area contributed by atoms with Gasteiger partial charge in [0, 0.05) is 44.6 Å². The van der Waals surface area contributed by atoms with Crippen LogP contribution in [-0.4, -0.2) is 55.3 Å². The first-order valence-corrected chi connectivity index (χ1v) is 8.97. The van der Waals surface area contributed by atoms with Gasteiger partial charge in [-0.3, -0.25) is 9.59 Å². The number of piperidine rings is 1. The predicted molar refractivity (Wildman–Crippen MR) is 92.1 cm³/mol. The van der Waals surface area contributed by atoms with Crippen LogP contribution in [0.2, 0.25) is 0 Å². The van der Waals surface area contributed by atoms with Crippen molar-refractivity contribution in [3.05, 3.63) is 29.8 Å². The number of ether oxygens (including phenoxy) is 2. The van der Waals surface area contributed by atoms with Gasteiger partial charge < -0.3 is 19.3 Å². The fourth-order valence-corrected chi connectivity index (χ4v) is 3.98. The lowest BCUT2D eigenvalue weighted by atomic mass is 10.0. The molecule has 136 valence electrons.